The third-order valence-corrected chi connectivity index (χ3v) is 5.41. The first-order valence-corrected chi connectivity index (χ1v) is 8.21. The quantitative estimate of drug-likeness (QED) is 0.858. The molecule has 2 N–H and O–H groups in total. The Labute approximate surface area is 114 Å². The molecule has 0 unspecified atom stereocenters. The van der Waals surface area contributed by atoms with E-state index in [1.165, 1.54) is 6.26 Å². The predicted octanol–water partition coefficient (Wildman–Crippen LogP) is 1.86. The van der Waals surface area contributed by atoms with Crippen LogP contribution in [-0.2, 0) is 9.84 Å². The molecule has 0 amide bonds. The minimum Gasteiger partial charge on any atom is -0.393 e. The van der Waals surface area contributed by atoms with Crippen molar-refractivity contribution < 1.29 is 8.42 Å². The van der Waals surface area contributed by atoms with E-state index in [0.717, 1.165) is 10.0 Å². The molecule has 1 fully saturated rings. The molecule has 1 aliphatic rings. The largest absolute Gasteiger partial charge is 0.393 e. The average molecular weight is 334 g/mol. The molecule has 2 rings (SSSR count). The Kier molecular flexibility index (Phi) is 3.31. The number of hydrogen-bond donors (Lipinski definition) is 1. The summed E-state index contributed by atoms with van der Waals surface area (Å²) in [6, 6.07) is 7.60. The summed E-state index contributed by atoms with van der Waals surface area (Å²) in [5, 5.41) is -0.457. The van der Waals surface area contributed by atoms with E-state index in [1.54, 1.807) is 0 Å². The maximum absolute atomic E-state index is 11.6. The van der Waals surface area contributed by atoms with Gasteiger partial charge >= 0.3 is 0 Å². The highest BCUT2D eigenvalue weighted by Crippen LogP contribution is 2.52. The molecule has 0 aromatic heterocycles. The molecule has 6 heteroatoms. The zero-order valence-electron chi connectivity index (χ0n) is 9.13. The van der Waals surface area contributed by atoms with Crippen LogP contribution in [0.4, 0.5) is 0 Å². The summed E-state index contributed by atoms with van der Waals surface area (Å²) in [4.78, 5) is 0.286. The van der Waals surface area contributed by atoms with Crippen LogP contribution in [0.15, 0.2) is 28.7 Å². The second-order valence-corrected chi connectivity index (χ2v) is 7.89. The zero-order valence-corrected chi connectivity index (χ0v) is 12.3. The SMILES string of the molecule is CS(=O)(=O)[C@@H]1[C@H](C(N)=S)[C@H]1c1ccc(Br)cc1. The van der Waals surface area contributed by atoms with Gasteiger partial charge < -0.3 is 5.73 Å². The van der Waals surface area contributed by atoms with E-state index in [4.69, 9.17) is 18.0 Å². The lowest BCUT2D eigenvalue weighted by Crippen LogP contribution is -2.16. The summed E-state index contributed by atoms with van der Waals surface area (Å²) in [5.74, 6) is -0.309. The van der Waals surface area contributed by atoms with Crippen LogP contribution in [0.2, 0.25) is 0 Å². The highest BCUT2D eigenvalue weighted by molar-refractivity contribution is 9.10. The normalized spacial score (nSPS) is 27.8. The number of rotatable bonds is 3. The molecule has 0 heterocycles. The van der Waals surface area contributed by atoms with Gasteiger partial charge in [0.25, 0.3) is 0 Å². The number of thiocarbonyl (C=S) groups is 1. The summed E-state index contributed by atoms with van der Waals surface area (Å²) in [6.07, 6.45) is 1.24. The van der Waals surface area contributed by atoms with Crippen LogP contribution >= 0.6 is 28.1 Å². The molecule has 0 spiro atoms. The maximum Gasteiger partial charge on any atom is 0.151 e. The molecule has 17 heavy (non-hydrogen) atoms. The molecule has 1 aromatic rings. The van der Waals surface area contributed by atoms with Crippen molar-refractivity contribution in [3.8, 4) is 0 Å². The van der Waals surface area contributed by atoms with Gasteiger partial charge in [0.15, 0.2) is 9.84 Å². The monoisotopic (exact) mass is 333 g/mol. The van der Waals surface area contributed by atoms with Gasteiger partial charge in [-0.3, -0.25) is 0 Å². The molecule has 0 bridgehead atoms. The Bertz CT molecular complexity index is 553. The van der Waals surface area contributed by atoms with Gasteiger partial charge in [-0.25, -0.2) is 8.42 Å². The lowest BCUT2D eigenvalue weighted by molar-refractivity contribution is 0.599. The Hall–Kier alpha value is -0.460. The van der Waals surface area contributed by atoms with Crippen LogP contribution in [0.1, 0.15) is 11.5 Å². The van der Waals surface area contributed by atoms with Gasteiger partial charge in [-0.1, -0.05) is 40.3 Å². The van der Waals surface area contributed by atoms with Gasteiger partial charge in [-0.2, -0.15) is 0 Å². The fourth-order valence-electron chi connectivity index (χ4n) is 2.24. The maximum atomic E-state index is 11.6. The number of hydrogen-bond acceptors (Lipinski definition) is 3. The Balaban J connectivity index is 2.34. The van der Waals surface area contributed by atoms with Crippen LogP contribution in [0.25, 0.3) is 0 Å². The fourth-order valence-corrected chi connectivity index (χ4v) is 4.50. The van der Waals surface area contributed by atoms with E-state index in [0.29, 0.717) is 0 Å². The Morgan fingerprint density at radius 2 is 1.88 bits per heavy atom. The average Bonchev–Trinajstić information content (AvgIpc) is 2.93. The molecule has 0 saturated heterocycles. The summed E-state index contributed by atoms with van der Waals surface area (Å²) >= 11 is 8.28. The molecular weight excluding hydrogens is 322 g/mol. The van der Waals surface area contributed by atoms with E-state index >= 15 is 0 Å². The Morgan fingerprint density at radius 3 is 2.24 bits per heavy atom. The highest BCUT2D eigenvalue weighted by Gasteiger charge is 2.58. The summed E-state index contributed by atoms with van der Waals surface area (Å²) in [6.45, 7) is 0. The third kappa shape index (κ3) is 2.53. The van der Waals surface area contributed by atoms with Gasteiger partial charge in [0.05, 0.1) is 10.2 Å². The van der Waals surface area contributed by atoms with Crippen molar-refractivity contribution in [1.82, 2.24) is 0 Å². The zero-order chi connectivity index (χ0) is 12.8. The van der Waals surface area contributed by atoms with Crippen molar-refractivity contribution in [3.05, 3.63) is 34.3 Å². The second kappa shape index (κ2) is 4.33. The van der Waals surface area contributed by atoms with Crippen molar-refractivity contribution in [3.63, 3.8) is 0 Å². The van der Waals surface area contributed by atoms with E-state index in [2.05, 4.69) is 15.9 Å². The van der Waals surface area contributed by atoms with Crippen LogP contribution in [-0.4, -0.2) is 24.9 Å². The first-order valence-electron chi connectivity index (χ1n) is 5.06. The van der Waals surface area contributed by atoms with Crippen LogP contribution in [0.3, 0.4) is 0 Å². The van der Waals surface area contributed by atoms with E-state index in [9.17, 15) is 8.42 Å². The minimum absolute atomic E-state index is 0.0874. The van der Waals surface area contributed by atoms with Gasteiger partial charge in [0.1, 0.15) is 0 Å². The molecule has 3 nitrogen and oxygen atoms in total. The van der Waals surface area contributed by atoms with E-state index in [-0.39, 0.29) is 16.8 Å². The van der Waals surface area contributed by atoms with Gasteiger partial charge in [-0.15, -0.1) is 0 Å². The highest BCUT2D eigenvalue weighted by atomic mass is 79.9. The van der Waals surface area contributed by atoms with Crippen LogP contribution < -0.4 is 5.73 Å². The molecule has 3 atom stereocenters. The number of benzene rings is 1. The molecular formula is C11H12BrNO2S2. The van der Waals surface area contributed by atoms with Crippen molar-refractivity contribution in [2.75, 3.05) is 6.26 Å². The molecule has 0 aliphatic heterocycles. The second-order valence-electron chi connectivity index (χ2n) is 4.30. The first-order chi connectivity index (χ1) is 7.82. The van der Waals surface area contributed by atoms with Crippen LogP contribution in [0, 0.1) is 5.92 Å². The van der Waals surface area contributed by atoms with Gasteiger partial charge in [0, 0.05) is 22.6 Å². The molecule has 1 aromatic carbocycles. The molecule has 0 radical (unpaired) electrons. The number of nitrogens with two attached hydrogens (primary N) is 1. The van der Waals surface area contributed by atoms with Crippen molar-refractivity contribution in [2.24, 2.45) is 11.7 Å². The first kappa shape index (κ1) is 13.0. The third-order valence-electron chi connectivity index (χ3n) is 3.03. The summed E-state index contributed by atoms with van der Waals surface area (Å²) in [7, 11) is -3.11. The lowest BCUT2D eigenvalue weighted by atomic mass is 10.1. The predicted molar refractivity (Wildman–Crippen MR) is 75.8 cm³/mol. The summed E-state index contributed by atoms with van der Waals surface area (Å²) in [5.41, 5.74) is 6.57. The standard InChI is InChI=1S/C11H12BrNO2S2/c1-17(14,15)10-8(9(10)11(13)16)6-2-4-7(12)5-3-6/h2-5,8-10H,1H3,(H2,13,16)/t8-,9-,10+/m1/s1. The van der Waals surface area contributed by atoms with Crippen LogP contribution in [0.5, 0.6) is 0 Å². The van der Waals surface area contributed by atoms with Crippen molar-refractivity contribution >= 4 is 43.0 Å². The van der Waals surface area contributed by atoms with Crippen molar-refractivity contribution in [2.45, 2.75) is 11.2 Å². The Morgan fingerprint density at radius 1 is 1.35 bits per heavy atom. The summed E-state index contributed by atoms with van der Waals surface area (Å²) < 4.78 is 24.2. The minimum atomic E-state index is -3.11. The number of sulfone groups is 1. The van der Waals surface area contributed by atoms with Gasteiger partial charge in [0.2, 0.25) is 0 Å². The van der Waals surface area contributed by atoms with Gasteiger partial charge in [-0.05, 0) is 17.7 Å². The smallest absolute Gasteiger partial charge is 0.151 e. The van der Waals surface area contributed by atoms with E-state index < -0.39 is 15.1 Å². The molecule has 1 saturated carbocycles. The topological polar surface area (TPSA) is 60.2 Å². The van der Waals surface area contributed by atoms with Crippen molar-refractivity contribution in [1.29, 1.82) is 0 Å². The molecule has 92 valence electrons. The van der Waals surface area contributed by atoms with E-state index in [1.807, 2.05) is 24.3 Å². The number of halogens is 1. The lowest BCUT2D eigenvalue weighted by Gasteiger charge is -1.99. The molecule has 1 aliphatic carbocycles. The fraction of sp³-hybridized carbons (Fsp3) is 0.364.